The number of ketones is 1. The third-order valence-electron chi connectivity index (χ3n) is 4.23. The molecule has 4 aliphatic rings. The van der Waals surface area contributed by atoms with Crippen LogP contribution in [0.25, 0.3) is 0 Å². The molecule has 0 aromatic rings. The topological polar surface area (TPSA) is 94.9 Å². The van der Waals surface area contributed by atoms with Crippen molar-refractivity contribution in [3.05, 3.63) is 0 Å². The van der Waals surface area contributed by atoms with Crippen LogP contribution in [0.4, 0.5) is 13.2 Å². The van der Waals surface area contributed by atoms with Gasteiger partial charge in [-0.1, -0.05) is 0 Å². The van der Waals surface area contributed by atoms with Gasteiger partial charge in [0.2, 0.25) is 0 Å². The van der Waals surface area contributed by atoms with Gasteiger partial charge in [0.25, 0.3) is 0 Å². The highest BCUT2D eigenvalue weighted by atomic mass is 32.2. The lowest BCUT2D eigenvalue weighted by atomic mass is 9.72. The Balaban J connectivity index is 0.000000177. The van der Waals surface area contributed by atoms with Gasteiger partial charge in [-0.2, -0.15) is 21.6 Å². The Kier molecular flexibility index (Phi) is 4.35. The minimum atomic E-state index is -5.84. The highest BCUT2D eigenvalue weighted by Crippen LogP contribution is 2.41. The number of fused-ring (bicyclic) bond motifs is 1. The second-order valence-electron chi connectivity index (χ2n) is 5.66. The lowest BCUT2D eigenvalue weighted by Gasteiger charge is -2.53. The van der Waals surface area contributed by atoms with Gasteiger partial charge in [0, 0.05) is 18.0 Å². The van der Waals surface area contributed by atoms with Crippen LogP contribution in [0.5, 0.6) is 0 Å². The SMILES string of the molecule is O=C1CN2[C@@H]3CC(O)C[C@@H]2CC1C3.O=S(=O)(O)C(F)(F)F. The van der Waals surface area contributed by atoms with Crippen LogP contribution in [-0.2, 0) is 14.9 Å². The average Bonchev–Trinajstić information content (AvgIpc) is 2.27. The quantitative estimate of drug-likeness (QED) is 0.498. The molecule has 4 bridgehead atoms. The van der Waals surface area contributed by atoms with Crippen molar-refractivity contribution in [3.63, 3.8) is 0 Å². The molecule has 0 unspecified atom stereocenters. The van der Waals surface area contributed by atoms with Gasteiger partial charge in [0.1, 0.15) is 5.78 Å². The fourth-order valence-corrected chi connectivity index (χ4v) is 3.34. The monoisotopic (exact) mass is 331 g/mol. The zero-order chi connectivity index (χ0) is 16.0. The average molecular weight is 331 g/mol. The van der Waals surface area contributed by atoms with Crippen molar-refractivity contribution in [2.24, 2.45) is 5.92 Å². The molecule has 10 heteroatoms. The maximum absolute atomic E-state index is 11.5. The van der Waals surface area contributed by atoms with Gasteiger partial charge in [-0.3, -0.25) is 14.2 Å². The molecule has 0 amide bonds. The highest BCUT2D eigenvalue weighted by Gasteiger charge is 2.48. The van der Waals surface area contributed by atoms with Gasteiger partial charge < -0.3 is 5.11 Å². The maximum atomic E-state index is 11.5. The van der Waals surface area contributed by atoms with Crippen LogP contribution in [0, 0.1) is 5.92 Å². The first-order valence-corrected chi connectivity index (χ1v) is 7.93. The third kappa shape index (κ3) is 3.55. The zero-order valence-corrected chi connectivity index (χ0v) is 11.8. The highest BCUT2D eigenvalue weighted by molar-refractivity contribution is 7.86. The van der Waals surface area contributed by atoms with Crippen molar-refractivity contribution in [1.29, 1.82) is 0 Å². The molecule has 21 heavy (non-hydrogen) atoms. The molecule has 4 rings (SSSR count). The molecular weight excluding hydrogens is 315 g/mol. The van der Waals surface area contributed by atoms with E-state index >= 15 is 0 Å². The number of halogens is 3. The number of alkyl halides is 3. The number of aliphatic hydroxyl groups is 1. The number of carbonyl (C=O) groups is 1. The molecule has 0 radical (unpaired) electrons. The van der Waals surface area contributed by atoms with E-state index < -0.39 is 15.6 Å². The van der Waals surface area contributed by atoms with Crippen molar-refractivity contribution in [3.8, 4) is 0 Å². The van der Waals surface area contributed by atoms with E-state index in [4.69, 9.17) is 13.0 Å². The van der Waals surface area contributed by atoms with Gasteiger partial charge in [0.15, 0.2) is 0 Å². The number of piperidine rings is 4. The Bertz CT molecular complexity index is 504. The number of hydrogen-bond acceptors (Lipinski definition) is 5. The van der Waals surface area contributed by atoms with Crippen molar-refractivity contribution < 1.29 is 36.0 Å². The Hall–Kier alpha value is -0.710. The molecule has 2 atom stereocenters. The number of aliphatic hydroxyl groups excluding tert-OH is 1. The molecule has 6 nitrogen and oxygen atoms in total. The van der Waals surface area contributed by atoms with Crippen LogP contribution < -0.4 is 0 Å². The minimum Gasteiger partial charge on any atom is -0.393 e. The summed E-state index contributed by atoms with van der Waals surface area (Å²) in [6.45, 7) is 0.659. The third-order valence-corrected chi connectivity index (χ3v) is 4.81. The van der Waals surface area contributed by atoms with Crippen LogP contribution >= 0.6 is 0 Å². The maximum Gasteiger partial charge on any atom is 0.522 e. The van der Waals surface area contributed by atoms with Crippen LogP contribution in [-0.4, -0.2) is 59.0 Å². The molecule has 0 aliphatic carbocycles. The zero-order valence-electron chi connectivity index (χ0n) is 11.0. The van der Waals surface area contributed by atoms with E-state index in [0.29, 0.717) is 30.3 Å². The fourth-order valence-electron chi connectivity index (χ4n) is 3.34. The first-order valence-electron chi connectivity index (χ1n) is 6.49. The molecule has 0 aromatic carbocycles. The van der Waals surface area contributed by atoms with E-state index in [0.717, 1.165) is 25.7 Å². The normalized spacial score (nSPS) is 38.7. The van der Waals surface area contributed by atoms with Gasteiger partial charge in [-0.15, -0.1) is 0 Å². The van der Waals surface area contributed by atoms with Crippen LogP contribution in [0.3, 0.4) is 0 Å². The minimum absolute atomic E-state index is 0.111. The van der Waals surface area contributed by atoms with Gasteiger partial charge in [-0.25, -0.2) is 0 Å². The lowest BCUT2D eigenvalue weighted by molar-refractivity contribution is -0.144. The van der Waals surface area contributed by atoms with Gasteiger partial charge in [0.05, 0.1) is 12.6 Å². The number of Topliss-reactive ketones (excluding diaryl/α,β-unsaturated/α-hetero) is 1. The van der Waals surface area contributed by atoms with E-state index in [9.17, 15) is 23.1 Å². The Morgan fingerprint density at radius 1 is 1.10 bits per heavy atom. The first-order chi connectivity index (χ1) is 9.49. The number of carbonyl (C=O) groups excluding carboxylic acids is 1. The van der Waals surface area contributed by atoms with E-state index in [1.54, 1.807) is 0 Å². The summed E-state index contributed by atoms with van der Waals surface area (Å²) in [5.74, 6) is 0.761. The second kappa shape index (κ2) is 5.49. The molecule has 4 fully saturated rings. The summed E-state index contributed by atoms with van der Waals surface area (Å²) in [4.78, 5) is 13.8. The van der Waals surface area contributed by atoms with Crippen molar-refractivity contribution in [2.75, 3.05) is 6.54 Å². The summed E-state index contributed by atoms with van der Waals surface area (Å²) >= 11 is 0. The van der Waals surface area contributed by atoms with E-state index in [1.165, 1.54) is 0 Å². The Morgan fingerprint density at radius 3 is 1.86 bits per heavy atom. The summed E-state index contributed by atoms with van der Waals surface area (Å²) in [7, 11) is -5.84. The smallest absolute Gasteiger partial charge is 0.393 e. The number of rotatable bonds is 0. The first kappa shape index (κ1) is 16.7. The van der Waals surface area contributed by atoms with Crippen molar-refractivity contribution >= 4 is 15.9 Å². The molecule has 0 spiro atoms. The molecule has 0 saturated carbocycles. The van der Waals surface area contributed by atoms with Crippen molar-refractivity contribution in [2.45, 2.75) is 49.4 Å². The predicted molar refractivity (Wildman–Crippen MR) is 64.9 cm³/mol. The van der Waals surface area contributed by atoms with Gasteiger partial charge >= 0.3 is 15.6 Å². The largest absolute Gasteiger partial charge is 0.522 e. The number of nitrogens with zero attached hydrogens (tertiary/aromatic N) is 1. The van der Waals surface area contributed by atoms with E-state index in [1.807, 2.05) is 0 Å². The number of hydrogen-bond donors (Lipinski definition) is 2. The van der Waals surface area contributed by atoms with E-state index in [-0.39, 0.29) is 6.10 Å². The molecule has 4 aliphatic heterocycles. The Morgan fingerprint density at radius 2 is 1.52 bits per heavy atom. The molecule has 4 saturated heterocycles. The molecule has 0 aromatic heterocycles. The van der Waals surface area contributed by atoms with Gasteiger partial charge in [-0.05, 0) is 25.7 Å². The second-order valence-corrected chi connectivity index (χ2v) is 7.07. The summed E-state index contributed by atoms with van der Waals surface area (Å²) in [5, 5.41) is 9.60. The van der Waals surface area contributed by atoms with Crippen molar-refractivity contribution in [1.82, 2.24) is 4.90 Å². The van der Waals surface area contributed by atoms with E-state index in [2.05, 4.69) is 4.90 Å². The van der Waals surface area contributed by atoms with Crippen LogP contribution in [0.1, 0.15) is 25.7 Å². The van der Waals surface area contributed by atoms with Crippen LogP contribution in [0.2, 0.25) is 0 Å². The fraction of sp³-hybridized carbons (Fsp3) is 0.909. The summed E-state index contributed by atoms with van der Waals surface area (Å²) in [6, 6.07) is 1.01. The molecular formula is C11H16F3NO5S. The summed E-state index contributed by atoms with van der Waals surface area (Å²) in [5.41, 5.74) is -5.53. The summed E-state index contributed by atoms with van der Waals surface area (Å²) in [6.07, 6.45) is 3.68. The van der Waals surface area contributed by atoms with Crippen LogP contribution in [0.15, 0.2) is 0 Å². The molecule has 4 heterocycles. The molecule has 2 N–H and O–H groups in total. The standard InChI is InChI=1S/C10H15NO2.CHF3O3S/c12-9-3-7-1-6-2-8(4-9)11(7)5-10(6)13;2-1(3,4)8(5,6)7/h6-9,12H,1-5H2;(H,5,6,7)/t6?,7-,8-,9?;/m0./s1. The molecule has 122 valence electrons. The summed E-state index contributed by atoms with van der Waals surface area (Å²) < 4.78 is 57.5. The lowest BCUT2D eigenvalue weighted by Crippen LogP contribution is -2.62. The Labute approximate surface area is 119 Å². The predicted octanol–water partition coefficient (Wildman–Crippen LogP) is 0.567.